The molecule has 3 rings (SSSR count). The first-order chi connectivity index (χ1) is 13.3. The minimum atomic E-state index is -2.91. The number of nitrogens with one attached hydrogen (secondary N) is 1. The van der Waals surface area contributed by atoms with Gasteiger partial charge in [-0.15, -0.1) is 0 Å². The molecule has 2 heterocycles. The Balaban J connectivity index is 1.87. The highest BCUT2D eigenvalue weighted by molar-refractivity contribution is 6.07. The normalized spacial score (nSPS) is 11.9. The molecule has 9 heteroatoms. The zero-order valence-corrected chi connectivity index (χ0v) is 15.8. The second-order valence-electron chi connectivity index (χ2n) is 6.26. The van der Waals surface area contributed by atoms with Gasteiger partial charge < -0.3 is 4.74 Å². The van der Waals surface area contributed by atoms with E-state index in [1.54, 1.807) is 50.7 Å². The van der Waals surface area contributed by atoms with E-state index in [-0.39, 0.29) is 5.75 Å². The van der Waals surface area contributed by atoms with Crippen LogP contribution in [0, 0.1) is 13.8 Å². The molecule has 1 N–H and O–H groups in total. The lowest BCUT2D eigenvalue weighted by Gasteiger charge is -2.08. The highest BCUT2D eigenvalue weighted by atomic mass is 19.3. The number of fused-ring (bicyclic) bond motifs is 1. The fourth-order valence-corrected chi connectivity index (χ4v) is 2.91. The van der Waals surface area contributed by atoms with Crippen molar-refractivity contribution < 1.29 is 18.3 Å². The standard InChI is InChI=1S/C19H19F2N5O2/c1-10-8-15(16-12(3)25-26(4)17(16)22-10)18(27)24-23-11(2)13-6-5-7-14(9-13)28-19(20)21/h5-9,19H,1-4H3,(H,24,27)/b23-11-. The van der Waals surface area contributed by atoms with Crippen molar-refractivity contribution in [2.24, 2.45) is 12.1 Å². The van der Waals surface area contributed by atoms with Crippen molar-refractivity contribution in [2.45, 2.75) is 27.4 Å². The maximum Gasteiger partial charge on any atom is 0.387 e. The molecule has 146 valence electrons. The van der Waals surface area contributed by atoms with Crippen LogP contribution in [0.3, 0.4) is 0 Å². The number of hydrogen-bond donors (Lipinski definition) is 1. The van der Waals surface area contributed by atoms with Crippen LogP contribution in [0.25, 0.3) is 11.0 Å². The van der Waals surface area contributed by atoms with Gasteiger partial charge in [0.2, 0.25) is 0 Å². The molecule has 28 heavy (non-hydrogen) atoms. The molecular weight excluding hydrogens is 368 g/mol. The van der Waals surface area contributed by atoms with Gasteiger partial charge in [-0.05, 0) is 39.0 Å². The highest BCUT2D eigenvalue weighted by Crippen LogP contribution is 2.21. The van der Waals surface area contributed by atoms with E-state index in [2.05, 4.69) is 25.3 Å². The van der Waals surface area contributed by atoms with Crippen molar-refractivity contribution in [1.29, 1.82) is 0 Å². The Morgan fingerprint density at radius 1 is 1.29 bits per heavy atom. The highest BCUT2D eigenvalue weighted by Gasteiger charge is 2.17. The van der Waals surface area contributed by atoms with Gasteiger partial charge in [0.15, 0.2) is 5.65 Å². The molecule has 0 spiro atoms. The number of aryl methyl sites for hydroxylation is 3. The predicted octanol–water partition coefficient (Wildman–Crippen LogP) is 3.34. The smallest absolute Gasteiger partial charge is 0.387 e. The molecule has 0 bridgehead atoms. The first-order valence-corrected chi connectivity index (χ1v) is 8.47. The number of pyridine rings is 1. The lowest BCUT2D eigenvalue weighted by Crippen LogP contribution is -2.20. The largest absolute Gasteiger partial charge is 0.435 e. The molecule has 0 saturated carbocycles. The van der Waals surface area contributed by atoms with Crippen LogP contribution in [-0.2, 0) is 7.05 Å². The quantitative estimate of drug-likeness (QED) is 0.538. The van der Waals surface area contributed by atoms with Crippen LogP contribution >= 0.6 is 0 Å². The van der Waals surface area contributed by atoms with Gasteiger partial charge in [-0.25, -0.2) is 10.4 Å². The molecule has 1 amide bonds. The molecule has 2 aromatic heterocycles. The lowest BCUT2D eigenvalue weighted by atomic mass is 10.1. The number of alkyl halides is 2. The van der Waals surface area contributed by atoms with Crippen LogP contribution in [0.4, 0.5) is 8.78 Å². The van der Waals surface area contributed by atoms with Crippen LogP contribution in [0.2, 0.25) is 0 Å². The summed E-state index contributed by atoms with van der Waals surface area (Å²) in [5, 5.41) is 9.06. The summed E-state index contributed by atoms with van der Waals surface area (Å²) in [5.41, 5.74) is 5.89. The van der Waals surface area contributed by atoms with E-state index in [0.717, 1.165) is 0 Å². The third kappa shape index (κ3) is 3.98. The van der Waals surface area contributed by atoms with E-state index < -0.39 is 12.5 Å². The Morgan fingerprint density at radius 3 is 2.75 bits per heavy atom. The Bertz CT molecular complexity index is 1080. The SMILES string of the molecule is C/C(=N/NC(=O)c1cc(C)nc2c1c(C)nn2C)c1cccc(OC(F)F)c1. The van der Waals surface area contributed by atoms with E-state index in [4.69, 9.17) is 0 Å². The average molecular weight is 387 g/mol. The monoisotopic (exact) mass is 387 g/mol. The fourth-order valence-electron chi connectivity index (χ4n) is 2.91. The maximum atomic E-state index is 12.7. The molecule has 0 unspecified atom stereocenters. The van der Waals surface area contributed by atoms with E-state index in [9.17, 15) is 13.6 Å². The number of carbonyl (C=O) groups excluding carboxylic acids is 1. The van der Waals surface area contributed by atoms with Crippen LogP contribution < -0.4 is 10.2 Å². The zero-order valence-electron chi connectivity index (χ0n) is 15.8. The van der Waals surface area contributed by atoms with Gasteiger partial charge in [-0.3, -0.25) is 9.48 Å². The van der Waals surface area contributed by atoms with Crippen molar-refractivity contribution in [2.75, 3.05) is 0 Å². The summed E-state index contributed by atoms with van der Waals surface area (Å²) in [5.74, 6) is -0.392. The predicted molar refractivity (Wildman–Crippen MR) is 101 cm³/mol. The molecule has 0 aliphatic heterocycles. The van der Waals surface area contributed by atoms with Gasteiger partial charge in [-0.1, -0.05) is 12.1 Å². The number of hydrazone groups is 1. The number of carbonyl (C=O) groups is 1. The second-order valence-corrected chi connectivity index (χ2v) is 6.26. The summed E-state index contributed by atoms with van der Waals surface area (Å²) >= 11 is 0. The van der Waals surface area contributed by atoms with Crippen molar-refractivity contribution >= 4 is 22.7 Å². The van der Waals surface area contributed by atoms with Gasteiger partial charge in [0.25, 0.3) is 5.91 Å². The number of halogens is 2. The van der Waals surface area contributed by atoms with Crippen LogP contribution in [0.1, 0.15) is 34.2 Å². The minimum Gasteiger partial charge on any atom is -0.435 e. The van der Waals surface area contributed by atoms with Gasteiger partial charge in [-0.2, -0.15) is 19.0 Å². The maximum absolute atomic E-state index is 12.7. The summed E-state index contributed by atoms with van der Waals surface area (Å²) in [7, 11) is 1.76. The summed E-state index contributed by atoms with van der Waals surface area (Å²) in [6.07, 6.45) is 0. The Kier molecular flexibility index (Phi) is 5.34. The molecule has 1 aromatic carbocycles. The van der Waals surface area contributed by atoms with Gasteiger partial charge in [0.05, 0.1) is 22.4 Å². The van der Waals surface area contributed by atoms with Crippen LogP contribution in [0.15, 0.2) is 35.4 Å². The van der Waals surface area contributed by atoms with Crippen molar-refractivity contribution in [3.05, 3.63) is 52.8 Å². The number of aromatic nitrogens is 3. The number of nitrogens with zero attached hydrogens (tertiary/aromatic N) is 4. The second kappa shape index (κ2) is 7.71. The van der Waals surface area contributed by atoms with E-state index >= 15 is 0 Å². The molecule has 0 radical (unpaired) electrons. The Hall–Kier alpha value is -3.36. The summed E-state index contributed by atoms with van der Waals surface area (Å²) in [6, 6.07) is 7.78. The van der Waals surface area contributed by atoms with E-state index in [0.29, 0.717) is 39.3 Å². The van der Waals surface area contributed by atoms with Gasteiger partial charge >= 0.3 is 6.61 Å². The molecule has 0 saturated heterocycles. The molecular formula is C19H19F2N5O2. The fraction of sp³-hybridized carbons (Fsp3) is 0.263. The third-order valence-corrected chi connectivity index (χ3v) is 4.14. The number of ether oxygens (including phenoxy) is 1. The number of amides is 1. The Labute approximate surface area is 160 Å². The van der Waals surface area contributed by atoms with E-state index in [1.807, 2.05) is 0 Å². The zero-order chi connectivity index (χ0) is 20.4. The summed E-state index contributed by atoms with van der Waals surface area (Å²) < 4.78 is 30.7. The number of hydrogen-bond acceptors (Lipinski definition) is 5. The minimum absolute atomic E-state index is 0.0193. The van der Waals surface area contributed by atoms with Crippen molar-refractivity contribution in [3.63, 3.8) is 0 Å². The average Bonchev–Trinajstić information content (AvgIpc) is 2.92. The molecule has 0 aliphatic carbocycles. The molecule has 0 aliphatic rings. The molecule has 0 fully saturated rings. The van der Waals surface area contributed by atoms with Gasteiger partial charge in [0.1, 0.15) is 5.75 Å². The van der Waals surface area contributed by atoms with Crippen molar-refractivity contribution in [3.8, 4) is 5.75 Å². The number of benzene rings is 1. The Morgan fingerprint density at radius 2 is 2.04 bits per heavy atom. The topological polar surface area (TPSA) is 81.4 Å². The van der Waals surface area contributed by atoms with Crippen LogP contribution in [0.5, 0.6) is 5.75 Å². The first kappa shape index (κ1) is 19.4. The third-order valence-electron chi connectivity index (χ3n) is 4.14. The molecule has 0 atom stereocenters. The number of rotatable bonds is 5. The summed E-state index contributed by atoms with van der Waals surface area (Å²) in [4.78, 5) is 17.1. The van der Waals surface area contributed by atoms with E-state index in [1.165, 1.54) is 12.1 Å². The molecule has 7 nitrogen and oxygen atoms in total. The lowest BCUT2D eigenvalue weighted by molar-refractivity contribution is -0.0498. The van der Waals surface area contributed by atoms with Gasteiger partial charge in [0, 0.05) is 18.3 Å². The molecule has 3 aromatic rings. The van der Waals surface area contributed by atoms with Crippen molar-refractivity contribution in [1.82, 2.24) is 20.2 Å². The van der Waals surface area contributed by atoms with Crippen LogP contribution in [-0.4, -0.2) is 33.0 Å². The summed E-state index contributed by atoms with van der Waals surface area (Å²) in [6.45, 7) is 2.35. The first-order valence-electron chi connectivity index (χ1n) is 8.47.